The molecule has 1 aromatic carbocycles. The quantitative estimate of drug-likeness (QED) is 0.829. The van der Waals surface area contributed by atoms with E-state index in [2.05, 4.69) is 15.7 Å². The largest absolute Gasteiger partial charge is 0.359 e. The second kappa shape index (κ2) is 7.00. The first-order valence-electron chi connectivity index (χ1n) is 6.46. The molecule has 1 heterocycles. The Bertz CT molecular complexity index is 565. The van der Waals surface area contributed by atoms with E-state index in [0.29, 0.717) is 18.2 Å². The van der Waals surface area contributed by atoms with Gasteiger partial charge in [0.1, 0.15) is 5.82 Å². The molecule has 20 heavy (non-hydrogen) atoms. The number of hydrogen-bond donors (Lipinski definition) is 2. The lowest BCUT2D eigenvalue weighted by molar-refractivity contribution is 0.611. The van der Waals surface area contributed by atoms with Crippen LogP contribution in [0.4, 0.5) is 4.39 Å². The summed E-state index contributed by atoms with van der Waals surface area (Å²) in [6.07, 6.45) is 1.77. The van der Waals surface area contributed by atoms with Gasteiger partial charge in [-0.1, -0.05) is 12.1 Å². The topological polar surface area (TPSA) is 41.9 Å². The van der Waals surface area contributed by atoms with Crippen LogP contribution in [0.15, 0.2) is 36.5 Å². The molecular formula is C14H17FN4S. The average Bonchev–Trinajstić information content (AvgIpc) is 2.92. The van der Waals surface area contributed by atoms with Gasteiger partial charge in [0, 0.05) is 19.3 Å². The summed E-state index contributed by atoms with van der Waals surface area (Å²) in [6, 6.07) is 8.30. The van der Waals surface area contributed by atoms with E-state index in [1.165, 1.54) is 12.1 Å². The van der Waals surface area contributed by atoms with E-state index >= 15 is 0 Å². The van der Waals surface area contributed by atoms with Gasteiger partial charge in [-0.3, -0.25) is 4.68 Å². The van der Waals surface area contributed by atoms with Crippen LogP contribution in [-0.4, -0.2) is 14.9 Å². The van der Waals surface area contributed by atoms with Crippen LogP contribution in [-0.2, 0) is 19.6 Å². The second-order valence-electron chi connectivity index (χ2n) is 4.30. The van der Waals surface area contributed by atoms with Gasteiger partial charge in [0.2, 0.25) is 0 Å². The molecule has 0 fully saturated rings. The molecule has 106 valence electrons. The molecule has 0 bridgehead atoms. The molecule has 0 amide bonds. The van der Waals surface area contributed by atoms with Crippen LogP contribution in [0.5, 0.6) is 0 Å². The second-order valence-corrected chi connectivity index (χ2v) is 4.71. The molecule has 0 saturated carbocycles. The summed E-state index contributed by atoms with van der Waals surface area (Å²) in [5, 5.41) is 11.0. The van der Waals surface area contributed by atoms with Crippen molar-refractivity contribution in [3.8, 4) is 0 Å². The van der Waals surface area contributed by atoms with Crippen molar-refractivity contribution >= 4 is 17.3 Å². The third-order valence-electron chi connectivity index (χ3n) is 2.90. The number of nitrogens with one attached hydrogen (secondary N) is 2. The Hall–Kier alpha value is -1.95. The summed E-state index contributed by atoms with van der Waals surface area (Å²) < 4.78 is 14.7. The molecular weight excluding hydrogens is 275 g/mol. The molecule has 0 aliphatic heterocycles. The molecule has 0 unspecified atom stereocenters. The summed E-state index contributed by atoms with van der Waals surface area (Å²) in [4.78, 5) is 0. The zero-order chi connectivity index (χ0) is 14.4. The Morgan fingerprint density at radius 1 is 1.20 bits per heavy atom. The fraction of sp³-hybridized carbons (Fsp3) is 0.286. The van der Waals surface area contributed by atoms with Gasteiger partial charge in [0.05, 0.1) is 12.2 Å². The zero-order valence-electron chi connectivity index (χ0n) is 11.3. The van der Waals surface area contributed by atoms with Crippen LogP contribution in [0.3, 0.4) is 0 Å². The Morgan fingerprint density at radius 2 is 1.90 bits per heavy atom. The van der Waals surface area contributed by atoms with E-state index in [9.17, 15) is 4.39 Å². The van der Waals surface area contributed by atoms with Gasteiger partial charge in [-0.15, -0.1) is 0 Å². The van der Waals surface area contributed by atoms with Gasteiger partial charge in [0.15, 0.2) is 5.11 Å². The first-order chi connectivity index (χ1) is 9.69. The molecule has 0 atom stereocenters. The number of aromatic nitrogens is 2. The molecule has 4 nitrogen and oxygen atoms in total. The molecule has 2 rings (SSSR count). The average molecular weight is 292 g/mol. The van der Waals surface area contributed by atoms with E-state index in [1.807, 2.05) is 17.7 Å². The van der Waals surface area contributed by atoms with Crippen LogP contribution >= 0.6 is 12.2 Å². The van der Waals surface area contributed by atoms with Gasteiger partial charge in [-0.25, -0.2) is 4.39 Å². The number of rotatable bonds is 5. The minimum absolute atomic E-state index is 0.234. The third kappa shape index (κ3) is 4.03. The first-order valence-corrected chi connectivity index (χ1v) is 6.86. The Morgan fingerprint density at radius 3 is 2.60 bits per heavy atom. The molecule has 0 aliphatic rings. The first kappa shape index (κ1) is 14.5. The SMILES string of the molecule is CCn1nccc1CNC(=S)NCc1ccc(F)cc1. The number of nitrogens with zero attached hydrogens (tertiary/aromatic N) is 2. The number of hydrogen-bond acceptors (Lipinski definition) is 2. The minimum atomic E-state index is -0.234. The fourth-order valence-electron chi connectivity index (χ4n) is 1.81. The van der Waals surface area contributed by atoms with Crippen molar-refractivity contribution in [2.24, 2.45) is 0 Å². The standard InChI is InChI=1S/C14H17FN4S/c1-2-19-13(7-8-18-19)10-17-14(20)16-9-11-3-5-12(15)6-4-11/h3-8H,2,9-10H2,1H3,(H2,16,17,20). The minimum Gasteiger partial charge on any atom is -0.359 e. The van der Waals surface area contributed by atoms with E-state index < -0.39 is 0 Å². The molecule has 0 saturated heterocycles. The van der Waals surface area contributed by atoms with E-state index in [1.54, 1.807) is 18.3 Å². The van der Waals surface area contributed by atoms with Crippen molar-refractivity contribution < 1.29 is 4.39 Å². The van der Waals surface area contributed by atoms with Crippen LogP contribution in [0.1, 0.15) is 18.2 Å². The highest BCUT2D eigenvalue weighted by atomic mass is 32.1. The molecule has 0 radical (unpaired) electrons. The molecule has 0 spiro atoms. The lowest BCUT2D eigenvalue weighted by Crippen LogP contribution is -2.34. The summed E-state index contributed by atoms with van der Waals surface area (Å²) in [7, 11) is 0. The monoisotopic (exact) mass is 292 g/mol. The smallest absolute Gasteiger partial charge is 0.166 e. The summed E-state index contributed by atoms with van der Waals surface area (Å²) in [5.74, 6) is -0.234. The van der Waals surface area contributed by atoms with Gasteiger partial charge in [-0.2, -0.15) is 5.10 Å². The lowest BCUT2D eigenvalue weighted by atomic mass is 10.2. The van der Waals surface area contributed by atoms with Gasteiger partial charge in [-0.05, 0) is 42.9 Å². The van der Waals surface area contributed by atoms with Gasteiger partial charge >= 0.3 is 0 Å². The summed E-state index contributed by atoms with van der Waals surface area (Å²) in [5.41, 5.74) is 2.06. The van der Waals surface area contributed by atoms with E-state index in [4.69, 9.17) is 12.2 Å². The number of halogens is 1. The van der Waals surface area contributed by atoms with Gasteiger partial charge in [0.25, 0.3) is 0 Å². The summed E-state index contributed by atoms with van der Waals surface area (Å²) >= 11 is 5.21. The van der Waals surface area contributed by atoms with Gasteiger partial charge < -0.3 is 10.6 Å². The van der Waals surface area contributed by atoms with E-state index in [0.717, 1.165) is 17.8 Å². The predicted molar refractivity (Wildman–Crippen MR) is 80.6 cm³/mol. The van der Waals surface area contributed by atoms with E-state index in [-0.39, 0.29) is 5.82 Å². The van der Waals surface area contributed by atoms with Crippen LogP contribution in [0.25, 0.3) is 0 Å². The highest BCUT2D eigenvalue weighted by Gasteiger charge is 2.02. The highest BCUT2D eigenvalue weighted by molar-refractivity contribution is 7.80. The number of thiocarbonyl (C=S) groups is 1. The number of aryl methyl sites for hydroxylation is 1. The highest BCUT2D eigenvalue weighted by Crippen LogP contribution is 2.02. The maximum absolute atomic E-state index is 12.8. The normalized spacial score (nSPS) is 10.3. The maximum atomic E-state index is 12.8. The Balaban J connectivity index is 1.77. The predicted octanol–water partition coefficient (Wildman–Crippen LogP) is 2.21. The van der Waals surface area contributed by atoms with Crippen LogP contribution in [0.2, 0.25) is 0 Å². The fourth-order valence-corrected chi connectivity index (χ4v) is 1.96. The van der Waals surface area contributed by atoms with Crippen LogP contribution in [0, 0.1) is 5.82 Å². The zero-order valence-corrected chi connectivity index (χ0v) is 12.1. The van der Waals surface area contributed by atoms with Crippen LogP contribution < -0.4 is 10.6 Å². The van der Waals surface area contributed by atoms with Crippen molar-refractivity contribution in [2.45, 2.75) is 26.6 Å². The number of benzene rings is 1. The molecule has 2 N–H and O–H groups in total. The Labute approximate surface area is 123 Å². The molecule has 2 aromatic rings. The van der Waals surface area contributed by atoms with Crippen molar-refractivity contribution in [1.82, 2.24) is 20.4 Å². The molecule has 1 aromatic heterocycles. The van der Waals surface area contributed by atoms with Crippen molar-refractivity contribution in [2.75, 3.05) is 0 Å². The third-order valence-corrected chi connectivity index (χ3v) is 3.19. The molecule has 0 aliphatic carbocycles. The van der Waals surface area contributed by atoms with Crippen molar-refractivity contribution in [3.63, 3.8) is 0 Å². The van der Waals surface area contributed by atoms with Crippen molar-refractivity contribution in [3.05, 3.63) is 53.6 Å². The maximum Gasteiger partial charge on any atom is 0.166 e. The van der Waals surface area contributed by atoms with Crippen molar-refractivity contribution in [1.29, 1.82) is 0 Å². The summed E-state index contributed by atoms with van der Waals surface area (Å²) in [6.45, 7) is 4.07. The molecule has 6 heteroatoms. The lowest BCUT2D eigenvalue weighted by Gasteiger charge is -2.11. The Kier molecular flexibility index (Phi) is 5.06.